The third-order valence-electron chi connectivity index (χ3n) is 5.67. The van der Waals surface area contributed by atoms with Crippen molar-refractivity contribution in [1.82, 2.24) is 9.80 Å². The van der Waals surface area contributed by atoms with E-state index in [4.69, 9.17) is 9.47 Å². The van der Waals surface area contributed by atoms with Crippen LogP contribution in [0.3, 0.4) is 0 Å². The number of hydrogen-bond acceptors (Lipinski definition) is 5. The molecule has 1 aromatic rings. The van der Waals surface area contributed by atoms with Crippen molar-refractivity contribution in [3.63, 3.8) is 0 Å². The number of ether oxygens (including phenoxy) is 2. The van der Waals surface area contributed by atoms with Crippen molar-refractivity contribution in [1.29, 1.82) is 0 Å². The molecule has 4 rings (SSSR count). The first-order valence-corrected chi connectivity index (χ1v) is 9.35. The lowest BCUT2D eigenvalue weighted by molar-refractivity contribution is 0.00158. The Balaban J connectivity index is 1.43. The second kappa shape index (κ2) is 7.22. The van der Waals surface area contributed by atoms with E-state index in [1.165, 1.54) is 0 Å². The quantitative estimate of drug-likeness (QED) is 0.902. The molecule has 1 aromatic carbocycles. The van der Waals surface area contributed by atoms with Crippen LogP contribution in [0, 0.1) is 0 Å². The second-order valence-corrected chi connectivity index (χ2v) is 6.99. The Bertz CT molecular complexity index is 635. The van der Waals surface area contributed by atoms with Gasteiger partial charge in [0, 0.05) is 56.8 Å². The van der Waals surface area contributed by atoms with Gasteiger partial charge < -0.3 is 19.7 Å². The minimum Gasteiger partial charge on any atom is -0.491 e. The van der Waals surface area contributed by atoms with Crippen LogP contribution in [-0.2, 0) is 11.2 Å². The first-order valence-electron chi connectivity index (χ1n) is 9.35. The largest absolute Gasteiger partial charge is 0.491 e. The summed E-state index contributed by atoms with van der Waals surface area (Å²) in [7, 11) is 1.88. The fourth-order valence-electron chi connectivity index (χ4n) is 4.24. The van der Waals surface area contributed by atoms with Crippen molar-refractivity contribution in [2.24, 2.45) is 0 Å². The fraction of sp³-hybridized carbons (Fsp3) is 0.632. The van der Waals surface area contributed by atoms with E-state index >= 15 is 0 Å². The van der Waals surface area contributed by atoms with E-state index in [1.54, 1.807) is 0 Å². The number of carbonyl (C=O) groups is 1. The van der Waals surface area contributed by atoms with Crippen LogP contribution in [0.4, 0.5) is 5.69 Å². The number of anilines is 1. The summed E-state index contributed by atoms with van der Waals surface area (Å²) in [4.78, 5) is 17.6. The number of fused-ring (bicyclic) bond motifs is 1. The van der Waals surface area contributed by atoms with Gasteiger partial charge in [0.1, 0.15) is 5.75 Å². The highest BCUT2D eigenvalue weighted by Crippen LogP contribution is 2.36. The Kier molecular flexibility index (Phi) is 4.81. The number of benzene rings is 1. The lowest BCUT2D eigenvalue weighted by Crippen LogP contribution is -2.50. The van der Waals surface area contributed by atoms with Gasteiger partial charge in [-0.1, -0.05) is 0 Å². The van der Waals surface area contributed by atoms with Gasteiger partial charge in [-0.15, -0.1) is 0 Å². The smallest absolute Gasteiger partial charge is 0.254 e. The number of morpholine rings is 1. The standard InChI is InChI=1S/C19H27N3O3/c1-20-17-3-2-16(15-6-11-25-18(15)17)19(23)22-7-4-14(5-8-22)21-9-12-24-13-10-21/h2-3,14,20H,4-13H2,1H3. The third-order valence-corrected chi connectivity index (χ3v) is 5.67. The highest BCUT2D eigenvalue weighted by Gasteiger charge is 2.30. The normalized spacial score (nSPS) is 21.7. The molecular formula is C19H27N3O3. The van der Waals surface area contributed by atoms with Gasteiger partial charge in [0.2, 0.25) is 0 Å². The topological polar surface area (TPSA) is 54.0 Å². The van der Waals surface area contributed by atoms with Crippen LogP contribution in [0.1, 0.15) is 28.8 Å². The predicted molar refractivity (Wildman–Crippen MR) is 96.5 cm³/mol. The van der Waals surface area contributed by atoms with Crippen LogP contribution < -0.4 is 10.1 Å². The van der Waals surface area contributed by atoms with Gasteiger partial charge >= 0.3 is 0 Å². The molecule has 3 aliphatic heterocycles. The minimum absolute atomic E-state index is 0.157. The first-order chi connectivity index (χ1) is 12.3. The molecule has 2 fully saturated rings. The maximum Gasteiger partial charge on any atom is 0.254 e. The van der Waals surface area contributed by atoms with E-state index in [1.807, 2.05) is 24.1 Å². The van der Waals surface area contributed by atoms with Gasteiger partial charge in [-0.2, -0.15) is 0 Å². The molecule has 0 radical (unpaired) electrons. The number of rotatable bonds is 3. The van der Waals surface area contributed by atoms with Gasteiger partial charge in [0.05, 0.1) is 25.5 Å². The summed E-state index contributed by atoms with van der Waals surface area (Å²) in [6.07, 6.45) is 2.92. The maximum absolute atomic E-state index is 13.1. The van der Waals surface area contributed by atoms with E-state index in [2.05, 4.69) is 10.2 Å². The Morgan fingerprint density at radius 2 is 1.88 bits per heavy atom. The highest BCUT2D eigenvalue weighted by molar-refractivity contribution is 5.97. The molecule has 6 heteroatoms. The molecule has 0 unspecified atom stereocenters. The summed E-state index contributed by atoms with van der Waals surface area (Å²) in [5.74, 6) is 1.02. The molecule has 0 spiro atoms. The average Bonchev–Trinajstić information content (AvgIpc) is 3.17. The molecule has 1 amide bonds. The maximum atomic E-state index is 13.1. The van der Waals surface area contributed by atoms with Crippen LogP contribution in [0.15, 0.2) is 12.1 Å². The van der Waals surface area contributed by atoms with Crippen LogP contribution in [0.5, 0.6) is 5.75 Å². The third kappa shape index (κ3) is 3.20. The highest BCUT2D eigenvalue weighted by atomic mass is 16.5. The van der Waals surface area contributed by atoms with Crippen LogP contribution in [0.25, 0.3) is 0 Å². The van der Waals surface area contributed by atoms with Crippen LogP contribution >= 0.6 is 0 Å². The zero-order chi connectivity index (χ0) is 17.2. The molecule has 3 heterocycles. The Morgan fingerprint density at radius 1 is 1.12 bits per heavy atom. The van der Waals surface area contributed by atoms with E-state index in [9.17, 15) is 4.79 Å². The van der Waals surface area contributed by atoms with Crippen molar-refractivity contribution in [2.75, 3.05) is 58.4 Å². The van der Waals surface area contributed by atoms with Crippen molar-refractivity contribution < 1.29 is 14.3 Å². The number of likely N-dealkylation sites (tertiary alicyclic amines) is 1. The lowest BCUT2D eigenvalue weighted by atomic mass is 9.99. The minimum atomic E-state index is 0.157. The first kappa shape index (κ1) is 16.7. The summed E-state index contributed by atoms with van der Waals surface area (Å²) in [6, 6.07) is 4.50. The zero-order valence-corrected chi connectivity index (χ0v) is 14.9. The van der Waals surface area contributed by atoms with Crippen LogP contribution in [-0.4, -0.2) is 74.8 Å². The summed E-state index contributed by atoms with van der Waals surface area (Å²) in [5.41, 5.74) is 2.85. The molecule has 136 valence electrons. The Labute approximate surface area is 149 Å². The van der Waals surface area contributed by atoms with Crippen LogP contribution in [0.2, 0.25) is 0 Å². The number of amides is 1. The molecular weight excluding hydrogens is 318 g/mol. The van der Waals surface area contributed by atoms with Gasteiger partial charge in [0.15, 0.2) is 0 Å². The van der Waals surface area contributed by atoms with E-state index in [0.29, 0.717) is 12.6 Å². The summed E-state index contributed by atoms with van der Waals surface area (Å²) in [5, 5.41) is 3.15. The van der Waals surface area contributed by atoms with Gasteiger partial charge in [-0.3, -0.25) is 9.69 Å². The fourth-order valence-corrected chi connectivity index (χ4v) is 4.24. The number of carbonyl (C=O) groups excluding carboxylic acids is 1. The van der Waals surface area contributed by atoms with Gasteiger partial charge in [-0.05, 0) is 25.0 Å². The van der Waals surface area contributed by atoms with E-state index in [0.717, 1.165) is 81.2 Å². The van der Waals surface area contributed by atoms with Gasteiger partial charge in [-0.25, -0.2) is 0 Å². The number of nitrogens with one attached hydrogen (secondary N) is 1. The lowest BCUT2D eigenvalue weighted by Gasteiger charge is -2.40. The molecule has 1 N–H and O–H groups in total. The van der Waals surface area contributed by atoms with Gasteiger partial charge in [0.25, 0.3) is 5.91 Å². The average molecular weight is 345 g/mol. The van der Waals surface area contributed by atoms with Crippen molar-refractivity contribution >= 4 is 11.6 Å². The Hall–Kier alpha value is -1.79. The zero-order valence-electron chi connectivity index (χ0n) is 14.9. The SMILES string of the molecule is CNc1ccc(C(=O)N2CCC(N3CCOCC3)CC2)c2c1OCC2. The van der Waals surface area contributed by atoms with Crippen molar-refractivity contribution in [3.05, 3.63) is 23.3 Å². The number of nitrogens with zero attached hydrogens (tertiary/aromatic N) is 2. The van der Waals surface area contributed by atoms with Crippen molar-refractivity contribution in [2.45, 2.75) is 25.3 Å². The summed E-state index contributed by atoms with van der Waals surface area (Å²) in [6.45, 7) is 6.05. The molecule has 3 aliphatic rings. The van der Waals surface area contributed by atoms with E-state index in [-0.39, 0.29) is 5.91 Å². The monoisotopic (exact) mass is 345 g/mol. The molecule has 25 heavy (non-hydrogen) atoms. The molecule has 0 aromatic heterocycles. The summed E-state index contributed by atoms with van der Waals surface area (Å²) >= 11 is 0. The van der Waals surface area contributed by atoms with E-state index < -0.39 is 0 Å². The molecule has 0 bridgehead atoms. The molecule has 0 atom stereocenters. The number of piperidine rings is 1. The molecule has 0 saturated carbocycles. The Morgan fingerprint density at radius 3 is 2.60 bits per heavy atom. The molecule has 0 aliphatic carbocycles. The predicted octanol–water partition coefficient (Wildman–Crippen LogP) is 1.60. The number of hydrogen-bond donors (Lipinski definition) is 1. The molecule has 2 saturated heterocycles. The molecule has 6 nitrogen and oxygen atoms in total. The summed E-state index contributed by atoms with van der Waals surface area (Å²) < 4.78 is 11.2. The van der Waals surface area contributed by atoms with Crippen molar-refractivity contribution in [3.8, 4) is 5.75 Å². The second-order valence-electron chi connectivity index (χ2n) is 6.99.